The van der Waals surface area contributed by atoms with Gasteiger partial charge >= 0.3 is 0 Å². The van der Waals surface area contributed by atoms with Crippen LogP contribution in [0.15, 0.2) is 59.6 Å². The van der Waals surface area contributed by atoms with Gasteiger partial charge in [-0.15, -0.1) is 0 Å². The summed E-state index contributed by atoms with van der Waals surface area (Å²) in [6.07, 6.45) is 0.879. The number of carbonyl (C=O) groups is 1. The number of ether oxygens (including phenoxy) is 1. The summed E-state index contributed by atoms with van der Waals surface area (Å²) in [4.78, 5) is 17.9. The van der Waals surface area contributed by atoms with Gasteiger partial charge in [0.1, 0.15) is 11.6 Å². The Labute approximate surface area is 165 Å². The molecule has 0 spiro atoms. The molecule has 0 N–H and O–H groups in total. The third kappa shape index (κ3) is 3.31. The van der Waals surface area contributed by atoms with Gasteiger partial charge in [0, 0.05) is 6.54 Å². The van der Waals surface area contributed by atoms with Crippen molar-refractivity contribution in [3.05, 3.63) is 70.8 Å². The predicted molar refractivity (Wildman–Crippen MR) is 110 cm³/mol. The maximum absolute atomic E-state index is 13.6. The van der Waals surface area contributed by atoms with Crippen molar-refractivity contribution >= 4 is 38.2 Å². The average molecular weight is 394 g/mol. The van der Waals surface area contributed by atoms with Gasteiger partial charge in [-0.3, -0.25) is 4.79 Å². The summed E-state index contributed by atoms with van der Waals surface area (Å²) in [7, 11) is 1.54. The van der Waals surface area contributed by atoms with E-state index in [0.717, 1.165) is 27.4 Å². The van der Waals surface area contributed by atoms with Gasteiger partial charge in [0.2, 0.25) is 0 Å². The first-order valence-corrected chi connectivity index (χ1v) is 9.87. The molecule has 0 aliphatic heterocycles. The van der Waals surface area contributed by atoms with Crippen molar-refractivity contribution in [3.8, 4) is 5.75 Å². The van der Waals surface area contributed by atoms with Crippen molar-refractivity contribution in [2.24, 2.45) is 4.99 Å². The number of thiazole rings is 1. The van der Waals surface area contributed by atoms with E-state index in [1.54, 1.807) is 19.2 Å². The van der Waals surface area contributed by atoms with Crippen molar-refractivity contribution < 1.29 is 13.9 Å². The minimum absolute atomic E-state index is 0.300. The number of benzene rings is 3. The normalized spacial score (nSPS) is 12.0. The molecule has 4 nitrogen and oxygen atoms in total. The fourth-order valence-corrected chi connectivity index (χ4v) is 4.35. The minimum Gasteiger partial charge on any atom is -0.496 e. The van der Waals surface area contributed by atoms with Crippen molar-refractivity contribution in [2.75, 3.05) is 7.11 Å². The third-order valence-corrected chi connectivity index (χ3v) is 5.63. The van der Waals surface area contributed by atoms with Crippen LogP contribution in [-0.4, -0.2) is 17.6 Å². The molecule has 0 bridgehead atoms. The van der Waals surface area contributed by atoms with E-state index >= 15 is 0 Å². The van der Waals surface area contributed by atoms with E-state index in [-0.39, 0.29) is 11.7 Å². The summed E-state index contributed by atoms with van der Waals surface area (Å²) >= 11 is 1.31. The first-order chi connectivity index (χ1) is 13.6. The van der Waals surface area contributed by atoms with Crippen LogP contribution < -0.4 is 9.54 Å². The molecule has 28 heavy (non-hydrogen) atoms. The number of hydrogen-bond donors (Lipinski definition) is 0. The van der Waals surface area contributed by atoms with Crippen LogP contribution in [0, 0.1) is 5.82 Å². The molecule has 0 unspecified atom stereocenters. The number of hydrogen-bond acceptors (Lipinski definition) is 3. The van der Waals surface area contributed by atoms with E-state index in [2.05, 4.69) is 11.9 Å². The summed E-state index contributed by atoms with van der Waals surface area (Å²) in [6, 6.07) is 16.1. The number of amides is 1. The van der Waals surface area contributed by atoms with Gasteiger partial charge in [-0.2, -0.15) is 4.99 Å². The van der Waals surface area contributed by atoms with Crippen LogP contribution in [0.1, 0.15) is 23.7 Å². The molecule has 1 heterocycles. The standard InChI is InChI=1S/C22H19FN2O2S/c1-3-10-25-18-9-8-16(23)13-20(18)28-22(25)24-21(26)17-11-14-6-4-5-7-15(14)12-19(17)27-2/h4-9,11-13H,3,10H2,1-2H3. The first-order valence-electron chi connectivity index (χ1n) is 9.05. The van der Waals surface area contributed by atoms with Gasteiger partial charge in [0.05, 0.1) is 22.9 Å². The molecule has 0 aliphatic carbocycles. The lowest BCUT2D eigenvalue weighted by Gasteiger charge is -2.08. The number of methoxy groups -OCH3 is 1. The van der Waals surface area contributed by atoms with Gasteiger partial charge in [-0.25, -0.2) is 4.39 Å². The Hall–Kier alpha value is -2.99. The van der Waals surface area contributed by atoms with Crippen LogP contribution in [-0.2, 0) is 6.54 Å². The maximum Gasteiger partial charge on any atom is 0.283 e. The second-order valence-electron chi connectivity index (χ2n) is 6.46. The second kappa shape index (κ2) is 7.56. The molecule has 4 rings (SSSR count). The fourth-order valence-electron chi connectivity index (χ4n) is 3.27. The van der Waals surface area contributed by atoms with E-state index in [4.69, 9.17) is 4.74 Å². The molecule has 0 saturated heterocycles. The highest BCUT2D eigenvalue weighted by Crippen LogP contribution is 2.27. The van der Waals surface area contributed by atoms with E-state index < -0.39 is 0 Å². The van der Waals surface area contributed by atoms with Crippen LogP contribution in [0.5, 0.6) is 5.75 Å². The Morgan fingerprint density at radius 2 is 1.89 bits per heavy atom. The van der Waals surface area contributed by atoms with Gasteiger partial charge in [0.25, 0.3) is 5.91 Å². The summed E-state index contributed by atoms with van der Waals surface area (Å²) in [6.45, 7) is 2.75. The molecule has 0 fully saturated rings. The lowest BCUT2D eigenvalue weighted by molar-refractivity contribution is 0.0995. The quantitative estimate of drug-likeness (QED) is 0.480. The highest BCUT2D eigenvalue weighted by atomic mass is 32.1. The number of carbonyl (C=O) groups excluding carboxylic acids is 1. The third-order valence-electron chi connectivity index (χ3n) is 4.59. The first kappa shape index (κ1) is 18.4. The second-order valence-corrected chi connectivity index (χ2v) is 7.47. The zero-order valence-corrected chi connectivity index (χ0v) is 16.4. The number of nitrogens with zero attached hydrogens (tertiary/aromatic N) is 2. The molecular formula is C22H19FN2O2S. The number of aryl methyl sites for hydroxylation is 1. The molecule has 0 radical (unpaired) electrons. The SMILES string of the molecule is CCCn1c(=NC(=O)c2cc3ccccc3cc2OC)sc2cc(F)ccc21. The highest BCUT2D eigenvalue weighted by Gasteiger charge is 2.15. The fraction of sp³-hybridized carbons (Fsp3) is 0.182. The molecule has 6 heteroatoms. The average Bonchev–Trinajstić information content (AvgIpc) is 3.03. The Kier molecular flexibility index (Phi) is 4.96. The van der Waals surface area contributed by atoms with E-state index in [1.807, 2.05) is 34.9 Å². The lowest BCUT2D eigenvalue weighted by Crippen LogP contribution is -2.17. The molecule has 4 aromatic rings. The summed E-state index contributed by atoms with van der Waals surface area (Å²) in [5.74, 6) is -0.187. The summed E-state index contributed by atoms with van der Waals surface area (Å²) < 4.78 is 21.8. The molecule has 142 valence electrons. The number of aromatic nitrogens is 1. The van der Waals surface area contributed by atoms with Gasteiger partial charge < -0.3 is 9.30 Å². The van der Waals surface area contributed by atoms with Crippen LogP contribution in [0.2, 0.25) is 0 Å². The van der Waals surface area contributed by atoms with Crippen LogP contribution in [0.4, 0.5) is 4.39 Å². The predicted octanol–water partition coefficient (Wildman–Crippen LogP) is 5.15. The molecule has 1 amide bonds. The van der Waals surface area contributed by atoms with Crippen LogP contribution >= 0.6 is 11.3 Å². The van der Waals surface area contributed by atoms with Crippen molar-refractivity contribution in [2.45, 2.75) is 19.9 Å². The molecule has 3 aromatic carbocycles. The molecule has 0 saturated carbocycles. The Bertz CT molecular complexity index is 1260. The molecule has 0 atom stereocenters. The summed E-state index contributed by atoms with van der Waals surface area (Å²) in [5, 5.41) is 1.94. The van der Waals surface area contributed by atoms with Gasteiger partial charge in [0.15, 0.2) is 4.80 Å². The van der Waals surface area contributed by atoms with Crippen molar-refractivity contribution in [1.82, 2.24) is 4.57 Å². The largest absolute Gasteiger partial charge is 0.496 e. The molecule has 1 aromatic heterocycles. The van der Waals surface area contributed by atoms with Gasteiger partial charge in [-0.1, -0.05) is 42.5 Å². The Balaban J connectivity index is 1.88. The summed E-state index contributed by atoms with van der Waals surface area (Å²) in [5.41, 5.74) is 1.29. The zero-order valence-electron chi connectivity index (χ0n) is 15.6. The topological polar surface area (TPSA) is 43.6 Å². The molecular weight excluding hydrogens is 375 g/mol. The smallest absolute Gasteiger partial charge is 0.283 e. The maximum atomic E-state index is 13.6. The highest BCUT2D eigenvalue weighted by molar-refractivity contribution is 7.16. The number of fused-ring (bicyclic) bond motifs is 2. The van der Waals surface area contributed by atoms with E-state index in [1.165, 1.54) is 23.5 Å². The number of halogens is 1. The minimum atomic E-state index is -0.375. The van der Waals surface area contributed by atoms with E-state index in [0.29, 0.717) is 22.7 Å². The monoisotopic (exact) mass is 394 g/mol. The van der Waals surface area contributed by atoms with Crippen LogP contribution in [0.25, 0.3) is 21.0 Å². The lowest BCUT2D eigenvalue weighted by atomic mass is 10.1. The Morgan fingerprint density at radius 3 is 2.61 bits per heavy atom. The molecule has 0 aliphatic rings. The Morgan fingerprint density at radius 1 is 1.14 bits per heavy atom. The van der Waals surface area contributed by atoms with E-state index in [9.17, 15) is 9.18 Å². The van der Waals surface area contributed by atoms with Crippen LogP contribution in [0.3, 0.4) is 0 Å². The van der Waals surface area contributed by atoms with Crippen molar-refractivity contribution in [3.63, 3.8) is 0 Å². The van der Waals surface area contributed by atoms with Crippen molar-refractivity contribution in [1.29, 1.82) is 0 Å². The zero-order chi connectivity index (χ0) is 19.7. The number of rotatable bonds is 4. The van der Waals surface area contributed by atoms with Gasteiger partial charge in [-0.05, 0) is 47.5 Å².